The normalized spacial score (nSPS) is 23.9. The van der Waals surface area contributed by atoms with Gasteiger partial charge < -0.3 is 15.2 Å². The first kappa shape index (κ1) is 12.4. The Hall–Kier alpha value is -1.06. The van der Waals surface area contributed by atoms with Gasteiger partial charge in [0.15, 0.2) is 0 Å². The lowest BCUT2D eigenvalue weighted by Crippen LogP contribution is -2.33. The summed E-state index contributed by atoms with van der Waals surface area (Å²) in [5.74, 6) is 1.35. The molecule has 2 rings (SSSR count). The number of nitrogens with one attached hydrogen (secondary N) is 1. The van der Waals surface area contributed by atoms with Crippen molar-refractivity contribution in [3.05, 3.63) is 29.8 Å². The Morgan fingerprint density at radius 1 is 1.35 bits per heavy atom. The molecule has 0 bridgehead atoms. The van der Waals surface area contributed by atoms with Gasteiger partial charge in [0, 0.05) is 24.8 Å². The fraction of sp³-hybridized carbons (Fsp3) is 0.571. The summed E-state index contributed by atoms with van der Waals surface area (Å²) < 4.78 is 5.32. The predicted octanol–water partition coefficient (Wildman–Crippen LogP) is 1.95. The molecule has 3 nitrogen and oxygen atoms in total. The van der Waals surface area contributed by atoms with Crippen molar-refractivity contribution < 1.29 is 9.84 Å². The van der Waals surface area contributed by atoms with E-state index < -0.39 is 0 Å². The van der Waals surface area contributed by atoms with Crippen molar-refractivity contribution in [3.63, 3.8) is 0 Å². The van der Waals surface area contributed by atoms with Crippen LogP contribution in [0.4, 0.5) is 0 Å². The van der Waals surface area contributed by atoms with Gasteiger partial charge in [-0.25, -0.2) is 0 Å². The number of methoxy groups -OCH3 is 1. The zero-order chi connectivity index (χ0) is 12.1. The molecule has 2 N–H and O–H groups in total. The van der Waals surface area contributed by atoms with Crippen molar-refractivity contribution in [2.24, 2.45) is 5.92 Å². The summed E-state index contributed by atoms with van der Waals surface area (Å²) in [5, 5.41) is 12.8. The maximum Gasteiger partial charge on any atom is 0.123 e. The first-order chi connectivity index (χ1) is 8.35. The van der Waals surface area contributed by atoms with E-state index in [4.69, 9.17) is 4.74 Å². The van der Waals surface area contributed by atoms with Crippen molar-refractivity contribution in [1.82, 2.24) is 5.32 Å². The molecule has 94 valence electrons. The number of aliphatic hydroxyl groups is 1. The number of hydrogen-bond acceptors (Lipinski definition) is 3. The van der Waals surface area contributed by atoms with E-state index in [-0.39, 0.29) is 0 Å². The van der Waals surface area contributed by atoms with E-state index in [1.165, 1.54) is 18.4 Å². The van der Waals surface area contributed by atoms with Gasteiger partial charge in [0.1, 0.15) is 5.75 Å². The molecule has 1 aromatic rings. The fourth-order valence-electron chi connectivity index (χ4n) is 2.61. The minimum atomic E-state index is 0.295. The summed E-state index contributed by atoms with van der Waals surface area (Å²) in [7, 11) is 1.70. The maximum atomic E-state index is 9.27. The van der Waals surface area contributed by atoms with E-state index in [2.05, 4.69) is 11.4 Å². The summed E-state index contributed by atoms with van der Waals surface area (Å²) in [5.41, 5.74) is 1.18. The Balaban J connectivity index is 1.93. The van der Waals surface area contributed by atoms with Gasteiger partial charge in [-0.2, -0.15) is 0 Å². The number of rotatable bonds is 5. The van der Waals surface area contributed by atoms with Gasteiger partial charge in [0.05, 0.1) is 7.11 Å². The van der Waals surface area contributed by atoms with Crippen molar-refractivity contribution in [1.29, 1.82) is 0 Å². The van der Waals surface area contributed by atoms with Crippen molar-refractivity contribution in [3.8, 4) is 5.75 Å². The topological polar surface area (TPSA) is 41.5 Å². The largest absolute Gasteiger partial charge is 0.496 e. The lowest BCUT2D eigenvalue weighted by Gasteiger charge is -2.19. The maximum absolute atomic E-state index is 9.27. The third-order valence-electron chi connectivity index (χ3n) is 3.64. The molecule has 0 heterocycles. The lowest BCUT2D eigenvalue weighted by atomic mass is 10.0. The van der Waals surface area contributed by atoms with Crippen molar-refractivity contribution in [2.45, 2.75) is 31.8 Å². The van der Waals surface area contributed by atoms with E-state index in [1.54, 1.807) is 7.11 Å². The van der Waals surface area contributed by atoms with Crippen LogP contribution < -0.4 is 10.1 Å². The zero-order valence-electron chi connectivity index (χ0n) is 10.4. The second-order valence-electron chi connectivity index (χ2n) is 4.67. The summed E-state index contributed by atoms with van der Waals surface area (Å²) >= 11 is 0. The molecule has 2 unspecified atom stereocenters. The van der Waals surface area contributed by atoms with Crippen LogP contribution >= 0.6 is 0 Å². The van der Waals surface area contributed by atoms with E-state index in [9.17, 15) is 5.11 Å². The number of aliphatic hydroxyl groups excluding tert-OH is 1. The van der Waals surface area contributed by atoms with E-state index in [0.29, 0.717) is 18.6 Å². The second kappa shape index (κ2) is 6.03. The van der Waals surface area contributed by atoms with Gasteiger partial charge in [-0.3, -0.25) is 0 Å². The van der Waals surface area contributed by atoms with E-state index >= 15 is 0 Å². The van der Waals surface area contributed by atoms with Gasteiger partial charge in [-0.05, 0) is 24.8 Å². The Morgan fingerprint density at radius 2 is 2.18 bits per heavy atom. The SMILES string of the molecule is COc1ccccc1CNC1CCCC1CO. The molecular formula is C14H21NO2. The van der Waals surface area contributed by atoms with Crippen LogP contribution in [-0.4, -0.2) is 24.9 Å². The highest BCUT2D eigenvalue weighted by molar-refractivity contribution is 5.33. The van der Waals surface area contributed by atoms with E-state index in [1.807, 2.05) is 18.2 Å². The molecule has 1 aromatic carbocycles. The van der Waals surface area contributed by atoms with E-state index in [0.717, 1.165) is 18.7 Å². The first-order valence-corrected chi connectivity index (χ1v) is 6.31. The Bertz CT molecular complexity index is 354. The molecule has 17 heavy (non-hydrogen) atoms. The standard InChI is InChI=1S/C14H21NO2/c1-17-14-8-3-2-5-11(14)9-15-13-7-4-6-12(13)10-16/h2-3,5,8,12-13,15-16H,4,6-7,9-10H2,1H3. The molecule has 0 spiro atoms. The van der Waals surface area contributed by atoms with Crippen LogP contribution in [0, 0.1) is 5.92 Å². The average Bonchev–Trinajstić information content (AvgIpc) is 2.84. The minimum absolute atomic E-state index is 0.295. The second-order valence-corrected chi connectivity index (χ2v) is 4.67. The van der Waals surface area contributed by atoms with Gasteiger partial charge in [-0.1, -0.05) is 24.6 Å². The molecule has 0 aromatic heterocycles. The summed E-state index contributed by atoms with van der Waals surface area (Å²) in [6.45, 7) is 1.11. The smallest absolute Gasteiger partial charge is 0.123 e. The average molecular weight is 235 g/mol. The zero-order valence-corrected chi connectivity index (χ0v) is 10.4. The van der Waals surface area contributed by atoms with Crippen LogP contribution in [0.25, 0.3) is 0 Å². The molecule has 2 atom stereocenters. The Labute approximate surface area is 103 Å². The fourth-order valence-corrected chi connectivity index (χ4v) is 2.61. The third kappa shape index (κ3) is 2.99. The molecule has 0 radical (unpaired) electrons. The van der Waals surface area contributed by atoms with Gasteiger partial charge in [-0.15, -0.1) is 0 Å². The minimum Gasteiger partial charge on any atom is -0.496 e. The van der Waals surface area contributed by atoms with Gasteiger partial charge in [0.2, 0.25) is 0 Å². The first-order valence-electron chi connectivity index (χ1n) is 6.31. The molecule has 3 heteroatoms. The van der Waals surface area contributed by atoms with Crippen LogP contribution in [0.15, 0.2) is 24.3 Å². The number of hydrogen-bond donors (Lipinski definition) is 2. The van der Waals surface area contributed by atoms with Crippen LogP contribution in [0.1, 0.15) is 24.8 Å². The van der Waals surface area contributed by atoms with Crippen LogP contribution in [-0.2, 0) is 6.54 Å². The molecular weight excluding hydrogens is 214 g/mol. The highest BCUT2D eigenvalue weighted by atomic mass is 16.5. The molecule has 1 saturated carbocycles. The van der Waals surface area contributed by atoms with Gasteiger partial charge in [0.25, 0.3) is 0 Å². The molecule has 0 saturated heterocycles. The third-order valence-corrected chi connectivity index (χ3v) is 3.64. The van der Waals surface area contributed by atoms with Crippen LogP contribution in [0.3, 0.4) is 0 Å². The highest BCUT2D eigenvalue weighted by Crippen LogP contribution is 2.26. The Kier molecular flexibility index (Phi) is 4.40. The highest BCUT2D eigenvalue weighted by Gasteiger charge is 2.25. The summed E-state index contributed by atoms with van der Waals surface area (Å²) in [4.78, 5) is 0. The molecule has 1 aliphatic rings. The molecule has 0 aliphatic heterocycles. The number of benzene rings is 1. The van der Waals surface area contributed by atoms with Crippen LogP contribution in [0.2, 0.25) is 0 Å². The monoisotopic (exact) mass is 235 g/mol. The van der Waals surface area contributed by atoms with Crippen LogP contribution in [0.5, 0.6) is 5.75 Å². The lowest BCUT2D eigenvalue weighted by molar-refractivity contribution is 0.205. The predicted molar refractivity (Wildman–Crippen MR) is 68.0 cm³/mol. The number of para-hydroxylation sites is 1. The number of ether oxygens (including phenoxy) is 1. The van der Waals surface area contributed by atoms with Crippen molar-refractivity contribution >= 4 is 0 Å². The summed E-state index contributed by atoms with van der Waals surface area (Å²) in [6, 6.07) is 8.51. The molecule has 0 amide bonds. The van der Waals surface area contributed by atoms with Crippen molar-refractivity contribution in [2.75, 3.05) is 13.7 Å². The summed E-state index contributed by atoms with van der Waals surface area (Å²) in [6.07, 6.45) is 3.52. The Morgan fingerprint density at radius 3 is 2.94 bits per heavy atom. The molecule has 1 aliphatic carbocycles. The quantitative estimate of drug-likeness (QED) is 0.819. The molecule has 1 fully saturated rings. The van der Waals surface area contributed by atoms with Gasteiger partial charge >= 0.3 is 0 Å².